The van der Waals surface area contributed by atoms with Crippen LogP contribution in [-0.4, -0.2) is 41.2 Å². The minimum atomic E-state index is -0.120. The number of ketones is 1. The van der Waals surface area contributed by atoms with Crippen LogP contribution in [0.2, 0.25) is 0 Å². The SMILES string of the molecule is CCc1ccc(C(=O)CCC(=O)Nc2cccc(CN3CCSCC3)c2)cc1. The molecule has 3 rings (SSSR count). The Hall–Kier alpha value is -2.11. The molecule has 148 valence electrons. The maximum absolute atomic E-state index is 12.3. The molecular weight excluding hydrogens is 368 g/mol. The number of anilines is 1. The summed E-state index contributed by atoms with van der Waals surface area (Å²) in [5.74, 6) is 2.26. The van der Waals surface area contributed by atoms with Gasteiger partial charge in [-0.05, 0) is 29.7 Å². The largest absolute Gasteiger partial charge is 0.326 e. The molecule has 2 aromatic carbocycles. The number of aryl methyl sites for hydroxylation is 1. The molecule has 0 unspecified atom stereocenters. The fourth-order valence-electron chi connectivity index (χ4n) is 3.29. The van der Waals surface area contributed by atoms with Gasteiger partial charge in [-0.3, -0.25) is 14.5 Å². The van der Waals surface area contributed by atoms with Crippen LogP contribution < -0.4 is 5.32 Å². The summed E-state index contributed by atoms with van der Waals surface area (Å²) in [5.41, 5.74) is 3.88. The molecular formula is C23H28N2O2S. The highest BCUT2D eigenvalue weighted by Crippen LogP contribution is 2.17. The molecule has 28 heavy (non-hydrogen) atoms. The normalized spacial score (nSPS) is 14.6. The molecule has 1 saturated heterocycles. The molecule has 0 aromatic heterocycles. The first-order valence-corrected chi connectivity index (χ1v) is 11.1. The number of Topliss-reactive ketones (excluding diaryl/α,β-unsaturated/α-hetero) is 1. The molecule has 0 radical (unpaired) electrons. The van der Waals surface area contributed by atoms with Crippen LogP contribution in [-0.2, 0) is 17.8 Å². The van der Waals surface area contributed by atoms with Gasteiger partial charge in [-0.1, -0.05) is 43.3 Å². The first kappa shape index (κ1) is 20.6. The number of nitrogens with one attached hydrogen (secondary N) is 1. The van der Waals surface area contributed by atoms with Gasteiger partial charge in [0.2, 0.25) is 5.91 Å². The number of carbonyl (C=O) groups excluding carboxylic acids is 2. The zero-order chi connectivity index (χ0) is 19.8. The van der Waals surface area contributed by atoms with Crippen LogP contribution in [0, 0.1) is 0 Å². The van der Waals surface area contributed by atoms with Gasteiger partial charge in [0.1, 0.15) is 0 Å². The highest BCUT2D eigenvalue weighted by atomic mass is 32.2. The highest BCUT2D eigenvalue weighted by Gasteiger charge is 2.12. The quantitative estimate of drug-likeness (QED) is 0.672. The summed E-state index contributed by atoms with van der Waals surface area (Å²) in [7, 11) is 0. The predicted octanol–water partition coefficient (Wildman–Crippen LogP) is 4.40. The van der Waals surface area contributed by atoms with Crippen LogP contribution >= 0.6 is 11.8 Å². The van der Waals surface area contributed by atoms with Crippen molar-refractivity contribution < 1.29 is 9.59 Å². The number of carbonyl (C=O) groups is 2. The van der Waals surface area contributed by atoms with Crippen molar-refractivity contribution in [3.63, 3.8) is 0 Å². The van der Waals surface area contributed by atoms with E-state index in [1.165, 1.54) is 22.6 Å². The molecule has 0 bridgehead atoms. The minimum absolute atomic E-state index is 0.00882. The van der Waals surface area contributed by atoms with Crippen molar-refractivity contribution in [3.8, 4) is 0 Å². The van der Waals surface area contributed by atoms with E-state index in [0.29, 0.717) is 5.56 Å². The van der Waals surface area contributed by atoms with E-state index in [0.717, 1.165) is 31.7 Å². The predicted molar refractivity (Wildman–Crippen MR) is 117 cm³/mol. The molecule has 0 saturated carbocycles. The second-order valence-corrected chi connectivity index (χ2v) is 8.34. The van der Waals surface area contributed by atoms with Gasteiger partial charge in [-0.15, -0.1) is 0 Å². The third-order valence-corrected chi connectivity index (χ3v) is 5.93. The summed E-state index contributed by atoms with van der Waals surface area (Å²) >= 11 is 2.00. The van der Waals surface area contributed by atoms with Crippen LogP contribution in [0.25, 0.3) is 0 Å². The van der Waals surface area contributed by atoms with Gasteiger partial charge < -0.3 is 5.32 Å². The van der Waals surface area contributed by atoms with Crippen LogP contribution in [0.4, 0.5) is 5.69 Å². The highest BCUT2D eigenvalue weighted by molar-refractivity contribution is 7.99. The van der Waals surface area contributed by atoms with E-state index in [9.17, 15) is 9.59 Å². The standard InChI is InChI=1S/C23H28N2O2S/c1-2-18-6-8-20(9-7-18)22(26)10-11-23(27)24-21-5-3-4-19(16-21)17-25-12-14-28-15-13-25/h3-9,16H,2,10-15,17H2,1H3,(H,24,27). The molecule has 0 atom stereocenters. The summed E-state index contributed by atoms with van der Waals surface area (Å²) in [6.07, 6.45) is 1.37. The Morgan fingerprint density at radius 2 is 1.75 bits per heavy atom. The molecule has 2 aromatic rings. The molecule has 1 heterocycles. The molecule has 0 aliphatic carbocycles. The zero-order valence-electron chi connectivity index (χ0n) is 16.4. The van der Waals surface area contributed by atoms with Crippen molar-refractivity contribution >= 4 is 29.1 Å². The Balaban J connectivity index is 1.48. The lowest BCUT2D eigenvalue weighted by molar-refractivity contribution is -0.116. The third-order valence-electron chi connectivity index (χ3n) is 4.98. The van der Waals surface area contributed by atoms with Gasteiger partial charge in [0.05, 0.1) is 0 Å². The number of rotatable bonds is 8. The monoisotopic (exact) mass is 396 g/mol. The second kappa shape index (κ2) is 10.4. The average molecular weight is 397 g/mol. The average Bonchev–Trinajstić information content (AvgIpc) is 2.73. The van der Waals surface area contributed by atoms with Crippen molar-refractivity contribution in [3.05, 3.63) is 65.2 Å². The summed E-state index contributed by atoms with van der Waals surface area (Å²) in [6.45, 7) is 5.23. The van der Waals surface area contributed by atoms with Gasteiger partial charge >= 0.3 is 0 Å². The number of amides is 1. The van der Waals surface area contributed by atoms with E-state index in [4.69, 9.17) is 0 Å². The third kappa shape index (κ3) is 6.21. The number of hydrogen-bond donors (Lipinski definition) is 1. The van der Waals surface area contributed by atoms with E-state index < -0.39 is 0 Å². The first-order valence-electron chi connectivity index (χ1n) is 9.95. The van der Waals surface area contributed by atoms with Gasteiger partial charge in [0, 0.05) is 55.2 Å². The lowest BCUT2D eigenvalue weighted by atomic mass is 10.0. The van der Waals surface area contributed by atoms with E-state index in [2.05, 4.69) is 23.2 Å². The summed E-state index contributed by atoms with van der Waals surface area (Å²) in [5, 5.41) is 2.93. The molecule has 1 aliphatic heterocycles. The molecule has 0 spiro atoms. The number of hydrogen-bond acceptors (Lipinski definition) is 4. The summed E-state index contributed by atoms with van der Waals surface area (Å²) < 4.78 is 0. The van der Waals surface area contributed by atoms with E-state index in [-0.39, 0.29) is 24.5 Å². The van der Waals surface area contributed by atoms with Crippen molar-refractivity contribution in [2.75, 3.05) is 29.9 Å². The van der Waals surface area contributed by atoms with E-state index >= 15 is 0 Å². The van der Waals surface area contributed by atoms with Gasteiger partial charge in [0.15, 0.2) is 5.78 Å². The minimum Gasteiger partial charge on any atom is -0.326 e. The first-order chi connectivity index (χ1) is 13.6. The van der Waals surface area contributed by atoms with Gasteiger partial charge in [-0.2, -0.15) is 11.8 Å². The molecule has 1 fully saturated rings. The molecule has 5 heteroatoms. The fraction of sp³-hybridized carbons (Fsp3) is 0.391. The summed E-state index contributed by atoms with van der Waals surface area (Å²) in [6, 6.07) is 15.7. The lowest BCUT2D eigenvalue weighted by Gasteiger charge is -2.26. The lowest BCUT2D eigenvalue weighted by Crippen LogP contribution is -2.31. The smallest absolute Gasteiger partial charge is 0.224 e. The summed E-state index contributed by atoms with van der Waals surface area (Å²) in [4.78, 5) is 27.0. The molecule has 1 N–H and O–H groups in total. The topological polar surface area (TPSA) is 49.4 Å². The Bertz CT molecular complexity index is 799. The maximum atomic E-state index is 12.3. The van der Waals surface area contributed by atoms with Crippen LogP contribution in [0.5, 0.6) is 0 Å². The van der Waals surface area contributed by atoms with Crippen molar-refractivity contribution in [1.29, 1.82) is 0 Å². The molecule has 1 aliphatic rings. The maximum Gasteiger partial charge on any atom is 0.224 e. The number of nitrogens with zero attached hydrogens (tertiary/aromatic N) is 1. The van der Waals surface area contributed by atoms with E-state index in [1.54, 1.807) is 0 Å². The fourth-order valence-corrected chi connectivity index (χ4v) is 4.26. The van der Waals surface area contributed by atoms with E-state index in [1.807, 2.05) is 54.2 Å². The Labute approximate surface area is 171 Å². The zero-order valence-corrected chi connectivity index (χ0v) is 17.3. The van der Waals surface area contributed by atoms with Gasteiger partial charge in [0.25, 0.3) is 0 Å². The molecule has 4 nitrogen and oxygen atoms in total. The Morgan fingerprint density at radius 1 is 1.00 bits per heavy atom. The second-order valence-electron chi connectivity index (χ2n) is 7.11. The van der Waals surface area contributed by atoms with Gasteiger partial charge in [-0.25, -0.2) is 0 Å². The Morgan fingerprint density at radius 3 is 2.46 bits per heavy atom. The van der Waals surface area contributed by atoms with Crippen LogP contribution in [0.1, 0.15) is 41.3 Å². The van der Waals surface area contributed by atoms with Crippen molar-refractivity contribution in [1.82, 2.24) is 4.90 Å². The van der Waals surface area contributed by atoms with Crippen molar-refractivity contribution in [2.24, 2.45) is 0 Å². The van der Waals surface area contributed by atoms with Crippen molar-refractivity contribution in [2.45, 2.75) is 32.7 Å². The number of benzene rings is 2. The van der Waals surface area contributed by atoms with Crippen LogP contribution in [0.3, 0.4) is 0 Å². The van der Waals surface area contributed by atoms with Crippen LogP contribution in [0.15, 0.2) is 48.5 Å². The Kier molecular flexibility index (Phi) is 7.69. The molecule has 1 amide bonds. The number of thioether (sulfide) groups is 1.